The van der Waals surface area contributed by atoms with Gasteiger partial charge < -0.3 is 4.57 Å². The summed E-state index contributed by atoms with van der Waals surface area (Å²) in [5.74, 6) is 0. The maximum atomic E-state index is 10.3. The fraction of sp³-hybridized carbons (Fsp3) is 0. The lowest BCUT2D eigenvalue weighted by atomic mass is 9.99. The van der Waals surface area contributed by atoms with E-state index >= 15 is 0 Å². The minimum Gasteiger partial charge on any atom is -0.308 e. The van der Waals surface area contributed by atoms with Gasteiger partial charge in [0, 0.05) is 41.7 Å². The molecule has 9 rings (SSSR count). The van der Waals surface area contributed by atoms with E-state index in [0.29, 0.717) is 11.1 Å². The molecule has 3 heterocycles. The van der Waals surface area contributed by atoms with Gasteiger partial charge in [-0.1, -0.05) is 66.7 Å². The van der Waals surface area contributed by atoms with Gasteiger partial charge in [0.05, 0.1) is 43.3 Å². The molecule has 0 radical (unpaired) electrons. The number of hydrogen-bond acceptors (Lipinski definition) is 4. The van der Waals surface area contributed by atoms with E-state index in [-0.39, 0.29) is 0 Å². The summed E-state index contributed by atoms with van der Waals surface area (Å²) in [6.45, 7) is 0. The van der Waals surface area contributed by atoms with Gasteiger partial charge in [-0.25, -0.2) is 0 Å². The van der Waals surface area contributed by atoms with Crippen molar-refractivity contribution >= 4 is 84.8 Å². The van der Waals surface area contributed by atoms with Gasteiger partial charge in [-0.15, -0.1) is 22.7 Å². The molecule has 0 amide bonds. The molecular weight excluding hydrogens is 563 g/mol. The lowest BCUT2D eigenvalue weighted by molar-refractivity contribution is 1.20. The molecular formula is C38H19N3S2. The molecule has 3 aromatic heterocycles. The van der Waals surface area contributed by atoms with Crippen LogP contribution in [-0.2, 0) is 0 Å². The highest BCUT2D eigenvalue weighted by Crippen LogP contribution is 2.44. The molecule has 0 atom stereocenters. The monoisotopic (exact) mass is 581 g/mol. The minimum atomic E-state index is 0.632. The second-order valence-corrected chi connectivity index (χ2v) is 12.9. The van der Waals surface area contributed by atoms with Gasteiger partial charge in [0.1, 0.15) is 6.07 Å². The Morgan fingerprint density at radius 1 is 0.488 bits per heavy atom. The predicted molar refractivity (Wildman–Crippen MR) is 181 cm³/mol. The molecule has 0 saturated heterocycles. The number of hydrogen-bond donors (Lipinski definition) is 0. The topological polar surface area (TPSA) is 52.5 Å². The van der Waals surface area contributed by atoms with Crippen LogP contribution in [0.1, 0.15) is 11.1 Å². The number of para-hydroxylation sites is 1. The molecule has 0 bridgehead atoms. The molecule has 3 nitrogen and oxygen atoms in total. The maximum absolute atomic E-state index is 10.3. The van der Waals surface area contributed by atoms with E-state index in [9.17, 15) is 10.5 Å². The van der Waals surface area contributed by atoms with Gasteiger partial charge in [0.15, 0.2) is 0 Å². The highest BCUT2D eigenvalue weighted by molar-refractivity contribution is 7.26. The third-order valence-corrected chi connectivity index (χ3v) is 10.9. The highest BCUT2D eigenvalue weighted by Gasteiger charge is 2.19. The van der Waals surface area contributed by atoms with Crippen LogP contribution in [-0.4, -0.2) is 4.57 Å². The summed E-state index contributed by atoms with van der Waals surface area (Å²) in [5.41, 5.74) is 6.62. The van der Waals surface area contributed by atoms with E-state index in [2.05, 4.69) is 108 Å². The van der Waals surface area contributed by atoms with Crippen molar-refractivity contribution in [1.82, 2.24) is 4.57 Å². The molecule has 0 spiro atoms. The average molecular weight is 582 g/mol. The first-order chi connectivity index (χ1) is 21.2. The van der Waals surface area contributed by atoms with Gasteiger partial charge in [-0.3, -0.25) is 0 Å². The van der Waals surface area contributed by atoms with Crippen molar-refractivity contribution in [1.29, 1.82) is 10.5 Å². The van der Waals surface area contributed by atoms with E-state index in [1.54, 1.807) is 11.3 Å². The Morgan fingerprint density at radius 2 is 1.26 bits per heavy atom. The zero-order valence-electron chi connectivity index (χ0n) is 22.6. The van der Waals surface area contributed by atoms with Crippen LogP contribution in [0, 0.1) is 22.7 Å². The number of fused-ring (bicyclic) bond motifs is 9. The SMILES string of the molecule is N#Cc1ccc2c3ccccc3n(-c3cccc4c3sc3c(C#N)cc(-c5ccc6c(c5)sc5ccccc56)cc34)c2c1. The van der Waals surface area contributed by atoms with Crippen LogP contribution in [0.15, 0.2) is 115 Å². The van der Waals surface area contributed by atoms with Crippen molar-refractivity contribution < 1.29 is 0 Å². The number of nitriles is 2. The fourth-order valence-electron chi connectivity index (χ4n) is 6.52. The highest BCUT2D eigenvalue weighted by atomic mass is 32.1. The summed E-state index contributed by atoms with van der Waals surface area (Å²) in [6, 6.07) is 45.0. The number of thiophene rings is 2. The van der Waals surface area contributed by atoms with Crippen LogP contribution in [0.5, 0.6) is 0 Å². The van der Waals surface area contributed by atoms with Crippen LogP contribution in [0.2, 0.25) is 0 Å². The quantitative estimate of drug-likeness (QED) is 0.204. The van der Waals surface area contributed by atoms with Crippen LogP contribution in [0.4, 0.5) is 0 Å². The van der Waals surface area contributed by atoms with E-state index in [0.717, 1.165) is 58.8 Å². The Bertz CT molecular complexity index is 2710. The molecule has 0 unspecified atom stereocenters. The summed E-state index contributed by atoms with van der Waals surface area (Å²) in [4.78, 5) is 0. The summed E-state index contributed by atoms with van der Waals surface area (Å²) in [5, 5.41) is 27.0. The standard InChI is InChI=1S/C38H19N3S2/c39-20-22-12-14-27-26-6-1-3-9-32(26)41(34(27)16-22)33-10-5-8-30-31-18-24(17-25(21-40)37(31)43-38(30)33)23-13-15-29-28-7-2-4-11-35(28)42-36(29)19-23/h1-19H. The van der Waals surface area contributed by atoms with Crippen LogP contribution >= 0.6 is 22.7 Å². The predicted octanol–water partition coefficient (Wildman–Crippen LogP) is 10.9. The fourth-order valence-corrected chi connectivity index (χ4v) is 8.91. The van der Waals surface area contributed by atoms with Crippen molar-refractivity contribution in [2.75, 3.05) is 0 Å². The van der Waals surface area contributed by atoms with Gasteiger partial charge in [-0.2, -0.15) is 10.5 Å². The van der Waals surface area contributed by atoms with Crippen molar-refractivity contribution in [3.8, 4) is 29.0 Å². The molecule has 0 aliphatic heterocycles. The lowest BCUT2D eigenvalue weighted by Gasteiger charge is -2.09. The van der Waals surface area contributed by atoms with E-state index < -0.39 is 0 Å². The molecule has 0 aliphatic carbocycles. The molecule has 0 saturated carbocycles. The first-order valence-corrected chi connectivity index (χ1v) is 15.6. The van der Waals surface area contributed by atoms with E-state index in [4.69, 9.17) is 0 Å². The smallest absolute Gasteiger partial charge is 0.101 e. The number of aromatic nitrogens is 1. The first-order valence-electron chi connectivity index (χ1n) is 14.0. The normalized spacial score (nSPS) is 11.7. The zero-order chi connectivity index (χ0) is 28.7. The molecule has 0 aliphatic rings. The summed E-state index contributed by atoms with van der Waals surface area (Å²) in [6.07, 6.45) is 0. The summed E-state index contributed by atoms with van der Waals surface area (Å²) >= 11 is 3.48. The molecule has 0 N–H and O–H groups in total. The Kier molecular flexibility index (Phi) is 5.07. The van der Waals surface area contributed by atoms with Gasteiger partial charge in [0.25, 0.3) is 0 Å². The van der Waals surface area contributed by atoms with Crippen molar-refractivity contribution in [3.05, 3.63) is 126 Å². The number of nitrogens with zero attached hydrogens (tertiary/aromatic N) is 3. The van der Waals surface area contributed by atoms with Crippen LogP contribution < -0.4 is 0 Å². The maximum Gasteiger partial charge on any atom is 0.101 e. The average Bonchev–Trinajstić information content (AvgIpc) is 3.73. The zero-order valence-corrected chi connectivity index (χ0v) is 24.3. The molecule has 43 heavy (non-hydrogen) atoms. The third kappa shape index (κ3) is 3.44. The molecule has 9 aromatic rings. The van der Waals surface area contributed by atoms with Crippen LogP contribution in [0.3, 0.4) is 0 Å². The van der Waals surface area contributed by atoms with Crippen LogP contribution in [0.25, 0.3) is 79.0 Å². The second-order valence-electron chi connectivity index (χ2n) is 10.8. The Labute approximate surface area is 254 Å². The Morgan fingerprint density at radius 3 is 2.14 bits per heavy atom. The molecule has 5 heteroatoms. The van der Waals surface area contributed by atoms with Gasteiger partial charge >= 0.3 is 0 Å². The summed E-state index contributed by atoms with van der Waals surface area (Å²) < 4.78 is 6.92. The van der Waals surface area contributed by atoms with Crippen molar-refractivity contribution in [2.24, 2.45) is 0 Å². The number of rotatable bonds is 2. The lowest BCUT2D eigenvalue weighted by Crippen LogP contribution is -1.94. The minimum absolute atomic E-state index is 0.632. The Hall–Kier alpha value is -5.46. The summed E-state index contributed by atoms with van der Waals surface area (Å²) in [7, 11) is 0. The molecule has 6 aromatic carbocycles. The van der Waals surface area contributed by atoms with Crippen molar-refractivity contribution in [3.63, 3.8) is 0 Å². The molecule has 0 fully saturated rings. The number of benzene rings is 6. The second kappa shape index (κ2) is 9.02. The Balaban J connectivity index is 1.31. The van der Waals surface area contributed by atoms with Gasteiger partial charge in [0.2, 0.25) is 0 Å². The molecule has 198 valence electrons. The third-order valence-electron chi connectivity index (χ3n) is 8.45. The van der Waals surface area contributed by atoms with Crippen molar-refractivity contribution in [2.45, 2.75) is 0 Å². The van der Waals surface area contributed by atoms with E-state index in [1.807, 2.05) is 35.6 Å². The largest absolute Gasteiger partial charge is 0.308 e. The van der Waals surface area contributed by atoms with Gasteiger partial charge in [-0.05, 0) is 59.7 Å². The van der Waals surface area contributed by atoms with E-state index in [1.165, 1.54) is 20.2 Å². The first kappa shape index (κ1) is 24.2.